The molecule has 0 amide bonds. The molecule has 0 radical (unpaired) electrons. The van der Waals surface area contributed by atoms with Crippen LogP contribution in [0, 0.1) is 0 Å². The van der Waals surface area contributed by atoms with Gasteiger partial charge < -0.3 is 11.5 Å². The molecule has 0 saturated heterocycles. The summed E-state index contributed by atoms with van der Waals surface area (Å²) in [6.07, 6.45) is -10.0. The van der Waals surface area contributed by atoms with Gasteiger partial charge in [0.25, 0.3) is 0 Å². The van der Waals surface area contributed by atoms with Crippen molar-refractivity contribution in [2.24, 2.45) is 5.73 Å². The molecule has 1 aromatic rings. The van der Waals surface area contributed by atoms with E-state index in [2.05, 4.69) is 5.73 Å². The highest BCUT2D eigenvalue weighted by molar-refractivity contribution is 5.51. The topological polar surface area (TPSA) is 52.0 Å². The molecular formula is C15H12F6N2. The van der Waals surface area contributed by atoms with Gasteiger partial charge in [0.2, 0.25) is 5.41 Å². The van der Waals surface area contributed by atoms with E-state index in [1.165, 1.54) is 0 Å². The molecule has 1 aliphatic carbocycles. The van der Waals surface area contributed by atoms with E-state index >= 15 is 0 Å². The fourth-order valence-corrected chi connectivity index (χ4v) is 2.48. The van der Waals surface area contributed by atoms with Crippen molar-refractivity contribution < 1.29 is 26.3 Å². The summed E-state index contributed by atoms with van der Waals surface area (Å²) in [5.74, 6) is 0. The number of nitrogen functional groups attached to an aromatic ring is 1. The normalized spacial score (nSPS) is 16.1. The Morgan fingerprint density at radius 3 is 1.78 bits per heavy atom. The maximum atomic E-state index is 13.7. The summed E-state index contributed by atoms with van der Waals surface area (Å²) in [5.41, 5.74) is 7.00. The molecule has 1 aromatic carbocycles. The van der Waals surface area contributed by atoms with Gasteiger partial charge in [-0.3, -0.25) is 0 Å². The van der Waals surface area contributed by atoms with E-state index in [1.54, 1.807) is 0 Å². The Morgan fingerprint density at radius 2 is 1.39 bits per heavy atom. The van der Waals surface area contributed by atoms with Crippen LogP contribution in [0.5, 0.6) is 0 Å². The quantitative estimate of drug-likeness (QED) is 0.489. The molecule has 0 saturated carbocycles. The van der Waals surface area contributed by atoms with Gasteiger partial charge in [-0.15, -0.1) is 0 Å². The van der Waals surface area contributed by atoms with Gasteiger partial charge in [0.05, 0.1) is 5.70 Å². The maximum Gasteiger partial charge on any atom is 0.411 e. The number of hydrogen-bond donors (Lipinski definition) is 2. The third-order valence-corrected chi connectivity index (χ3v) is 3.58. The highest BCUT2D eigenvalue weighted by atomic mass is 19.4. The molecule has 4 N–H and O–H groups in total. The van der Waals surface area contributed by atoms with Crippen LogP contribution in [0.25, 0.3) is 0 Å². The lowest BCUT2D eigenvalue weighted by Crippen LogP contribution is -2.55. The minimum atomic E-state index is -5.61. The van der Waals surface area contributed by atoms with Crippen molar-refractivity contribution in [2.45, 2.75) is 24.2 Å². The minimum Gasteiger partial charge on any atom is -0.399 e. The van der Waals surface area contributed by atoms with Gasteiger partial charge in [-0.1, -0.05) is 23.9 Å². The number of anilines is 1. The molecule has 2 nitrogen and oxygen atoms in total. The molecular weight excluding hydrogens is 322 g/mol. The molecule has 0 aliphatic heterocycles. The average Bonchev–Trinajstić information content (AvgIpc) is 2.40. The van der Waals surface area contributed by atoms with Gasteiger partial charge in [0.15, 0.2) is 0 Å². The third kappa shape index (κ3) is 2.70. The van der Waals surface area contributed by atoms with Crippen LogP contribution in [0.15, 0.2) is 53.4 Å². The second-order valence-corrected chi connectivity index (χ2v) is 5.05. The van der Waals surface area contributed by atoms with Crippen LogP contribution < -0.4 is 11.5 Å². The highest BCUT2D eigenvalue weighted by Crippen LogP contribution is 2.57. The van der Waals surface area contributed by atoms with Crippen LogP contribution in [-0.2, 0) is 5.41 Å². The second kappa shape index (κ2) is 5.38. The number of benzene rings is 1. The van der Waals surface area contributed by atoms with Crippen LogP contribution in [-0.4, -0.2) is 12.4 Å². The Kier molecular flexibility index (Phi) is 3.98. The molecule has 0 fully saturated rings. The van der Waals surface area contributed by atoms with E-state index < -0.39 is 28.9 Å². The second-order valence-electron chi connectivity index (χ2n) is 5.05. The van der Waals surface area contributed by atoms with Crippen molar-refractivity contribution in [1.82, 2.24) is 0 Å². The smallest absolute Gasteiger partial charge is 0.399 e. The average molecular weight is 334 g/mol. The van der Waals surface area contributed by atoms with Gasteiger partial charge in [-0.05, 0) is 29.3 Å². The van der Waals surface area contributed by atoms with Gasteiger partial charge in [-0.25, -0.2) is 0 Å². The van der Waals surface area contributed by atoms with Crippen molar-refractivity contribution >= 4 is 5.69 Å². The van der Waals surface area contributed by atoms with Gasteiger partial charge >= 0.3 is 12.4 Å². The molecule has 0 heterocycles. The Hall–Kier alpha value is -2.34. The summed E-state index contributed by atoms with van der Waals surface area (Å²) in [6, 6.07) is 3.46. The van der Waals surface area contributed by atoms with E-state index in [4.69, 9.17) is 11.5 Å². The Bertz CT molecular complexity index is 674. The van der Waals surface area contributed by atoms with E-state index in [0.717, 1.165) is 30.3 Å². The number of nitrogens with two attached hydrogens (primary N) is 2. The molecule has 2 rings (SSSR count). The summed E-state index contributed by atoms with van der Waals surface area (Å²) in [4.78, 5) is 0. The van der Waals surface area contributed by atoms with Crippen molar-refractivity contribution in [1.29, 1.82) is 0 Å². The predicted molar refractivity (Wildman–Crippen MR) is 73.1 cm³/mol. The zero-order valence-electron chi connectivity index (χ0n) is 11.6. The number of halogens is 6. The van der Waals surface area contributed by atoms with Crippen LogP contribution in [0.2, 0.25) is 0 Å². The summed E-state index contributed by atoms with van der Waals surface area (Å²) in [6.45, 7) is 0. The number of allylic oxidation sites excluding steroid dienone is 2. The first kappa shape index (κ1) is 17.0. The molecule has 0 bridgehead atoms. The zero-order chi connectivity index (χ0) is 17.5. The molecule has 0 atom stereocenters. The van der Waals surface area contributed by atoms with E-state index in [1.807, 2.05) is 0 Å². The monoisotopic (exact) mass is 334 g/mol. The lowest BCUT2D eigenvalue weighted by atomic mass is 9.71. The number of rotatable bonds is 2. The maximum absolute atomic E-state index is 13.7. The number of alkyl halides is 6. The van der Waals surface area contributed by atoms with Crippen molar-refractivity contribution in [3.05, 3.63) is 59.0 Å². The summed E-state index contributed by atoms with van der Waals surface area (Å²) >= 11 is 0. The summed E-state index contributed by atoms with van der Waals surface area (Å²) in [7, 11) is 0. The van der Waals surface area contributed by atoms with Crippen LogP contribution >= 0.6 is 0 Å². The van der Waals surface area contributed by atoms with Crippen LogP contribution in [0.4, 0.5) is 32.0 Å². The first-order chi connectivity index (χ1) is 10.5. The molecule has 1 aliphatic rings. The van der Waals surface area contributed by atoms with Gasteiger partial charge in [0, 0.05) is 12.1 Å². The molecule has 124 valence electrons. The predicted octanol–water partition coefficient (Wildman–Crippen LogP) is 3.96. The van der Waals surface area contributed by atoms with Crippen LogP contribution in [0.1, 0.15) is 12.0 Å². The molecule has 0 unspecified atom stereocenters. The number of hydrogen-bond acceptors (Lipinski definition) is 2. The zero-order valence-corrected chi connectivity index (χ0v) is 11.6. The largest absolute Gasteiger partial charge is 0.411 e. The lowest BCUT2D eigenvalue weighted by molar-refractivity contribution is -0.289. The van der Waals surface area contributed by atoms with E-state index in [-0.39, 0.29) is 17.8 Å². The van der Waals surface area contributed by atoms with Crippen molar-refractivity contribution in [3.8, 4) is 0 Å². The van der Waals surface area contributed by atoms with Crippen LogP contribution in [0.3, 0.4) is 0 Å². The first-order valence-electron chi connectivity index (χ1n) is 6.41. The van der Waals surface area contributed by atoms with Crippen molar-refractivity contribution in [3.63, 3.8) is 0 Å². The lowest BCUT2D eigenvalue weighted by Gasteiger charge is -2.39. The molecule has 0 spiro atoms. The fraction of sp³-hybridized carbons (Fsp3) is 0.267. The van der Waals surface area contributed by atoms with E-state index in [0.29, 0.717) is 6.08 Å². The Morgan fingerprint density at radius 1 is 0.870 bits per heavy atom. The Labute approximate surface area is 127 Å². The van der Waals surface area contributed by atoms with Gasteiger partial charge in [-0.2, -0.15) is 26.3 Å². The fourth-order valence-electron chi connectivity index (χ4n) is 2.48. The Balaban J connectivity index is 2.83. The van der Waals surface area contributed by atoms with Gasteiger partial charge in [0.1, 0.15) is 0 Å². The SMILES string of the molecule is NC1=C=CC(C(c2ccc(N)cc2)(C(F)(F)F)C(F)(F)F)=CC1. The van der Waals surface area contributed by atoms with Crippen molar-refractivity contribution in [2.75, 3.05) is 5.73 Å². The first-order valence-corrected chi connectivity index (χ1v) is 6.41. The minimum absolute atomic E-state index is 0.0595. The molecule has 23 heavy (non-hydrogen) atoms. The summed E-state index contributed by atoms with van der Waals surface area (Å²) < 4.78 is 82.0. The third-order valence-electron chi connectivity index (χ3n) is 3.58. The molecule has 0 aromatic heterocycles. The summed E-state index contributed by atoms with van der Waals surface area (Å²) in [5, 5.41) is 0. The van der Waals surface area contributed by atoms with E-state index in [9.17, 15) is 26.3 Å². The standard InChI is InChI=1S/C15H12F6N2/c16-14(17,18)13(15(19,20)21,9-1-5-11(22)6-2-9)10-3-7-12(23)8-4-10/h1-6H,7,22-23H2. The molecule has 8 heteroatoms. The highest BCUT2D eigenvalue weighted by Gasteiger charge is 2.73.